The van der Waals surface area contributed by atoms with Crippen LogP contribution in [-0.4, -0.2) is 16.2 Å². The fourth-order valence-electron chi connectivity index (χ4n) is 1.48. The van der Waals surface area contributed by atoms with E-state index in [1.54, 1.807) is 6.07 Å². The summed E-state index contributed by atoms with van der Waals surface area (Å²) in [5, 5.41) is 4.61. The summed E-state index contributed by atoms with van der Waals surface area (Å²) in [5.74, 6) is 6.68. The maximum absolute atomic E-state index is 5.84. The molecule has 1 heterocycles. The van der Waals surface area contributed by atoms with Crippen molar-refractivity contribution in [3.8, 4) is 0 Å². The minimum absolute atomic E-state index is 0.581. The summed E-state index contributed by atoms with van der Waals surface area (Å²) in [6.07, 6.45) is 1.92. The second-order valence-electron chi connectivity index (χ2n) is 3.75. The predicted molar refractivity (Wildman–Crippen MR) is 80.4 cm³/mol. The molecule has 4 N–H and O–H groups in total. The number of nitrogens with two attached hydrogens (primary N) is 1. The van der Waals surface area contributed by atoms with Crippen LogP contribution in [0.15, 0.2) is 35.5 Å². The summed E-state index contributed by atoms with van der Waals surface area (Å²) >= 11 is 7.30. The van der Waals surface area contributed by atoms with Crippen molar-refractivity contribution < 1.29 is 0 Å². The summed E-state index contributed by atoms with van der Waals surface area (Å²) in [7, 11) is 0. The molecule has 0 aliphatic rings. The SMILES string of the molecule is CSc1nc(NN)cc(NCc2ccc(Cl)cc2)n1. The number of nitrogen functional groups attached to an aromatic ring is 1. The third kappa shape index (κ3) is 3.99. The van der Waals surface area contributed by atoms with Crippen molar-refractivity contribution in [2.75, 3.05) is 17.0 Å². The number of hydrazine groups is 1. The van der Waals surface area contributed by atoms with Gasteiger partial charge in [-0.25, -0.2) is 15.8 Å². The molecule has 0 saturated heterocycles. The van der Waals surface area contributed by atoms with Gasteiger partial charge in [0.15, 0.2) is 5.16 Å². The Morgan fingerprint density at radius 2 is 1.89 bits per heavy atom. The second-order valence-corrected chi connectivity index (χ2v) is 4.96. The third-order valence-corrected chi connectivity index (χ3v) is 3.22. The molecule has 0 aliphatic heterocycles. The van der Waals surface area contributed by atoms with E-state index in [0.29, 0.717) is 17.5 Å². The lowest BCUT2D eigenvalue weighted by Gasteiger charge is -2.09. The smallest absolute Gasteiger partial charge is 0.191 e. The van der Waals surface area contributed by atoms with Gasteiger partial charge in [0.05, 0.1) is 0 Å². The average Bonchev–Trinajstić information content (AvgIpc) is 2.46. The number of nitrogens with one attached hydrogen (secondary N) is 2. The van der Waals surface area contributed by atoms with Crippen molar-refractivity contribution in [3.05, 3.63) is 40.9 Å². The molecular weight excluding hydrogens is 282 g/mol. The van der Waals surface area contributed by atoms with E-state index in [0.717, 1.165) is 16.4 Å². The van der Waals surface area contributed by atoms with Gasteiger partial charge in [-0.05, 0) is 24.0 Å². The first-order valence-electron chi connectivity index (χ1n) is 5.59. The molecule has 0 aliphatic carbocycles. The van der Waals surface area contributed by atoms with Crippen LogP contribution in [0.4, 0.5) is 11.6 Å². The fourth-order valence-corrected chi connectivity index (χ4v) is 1.98. The van der Waals surface area contributed by atoms with Gasteiger partial charge < -0.3 is 10.7 Å². The van der Waals surface area contributed by atoms with Crippen LogP contribution >= 0.6 is 23.4 Å². The van der Waals surface area contributed by atoms with E-state index in [2.05, 4.69) is 20.7 Å². The first kappa shape index (κ1) is 13.9. The zero-order valence-electron chi connectivity index (χ0n) is 10.4. The Labute approximate surface area is 120 Å². The van der Waals surface area contributed by atoms with Crippen LogP contribution < -0.4 is 16.6 Å². The van der Waals surface area contributed by atoms with Gasteiger partial charge >= 0.3 is 0 Å². The molecular formula is C12H14ClN5S. The maximum Gasteiger partial charge on any atom is 0.191 e. The van der Waals surface area contributed by atoms with Gasteiger partial charge in [-0.2, -0.15) is 0 Å². The standard InChI is InChI=1S/C12H14ClN5S/c1-19-12-16-10(6-11(17-12)18-14)15-7-8-2-4-9(13)5-3-8/h2-6H,7,14H2,1H3,(H2,15,16,17,18). The summed E-state index contributed by atoms with van der Waals surface area (Å²) in [5.41, 5.74) is 3.65. The fraction of sp³-hybridized carbons (Fsp3) is 0.167. The van der Waals surface area contributed by atoms with Gasteiger partial charge in [0.1, 0.15) is 11.6 Å². The molecule has 0 amide bonds. The summed E-state index contributed by atoms with van der Waals surface area (Å²) in [6, 6.07) is 9.41. The molecule has 0 atom stereocenters. The molecule has 19 heavy (non-hydrogen) atoms. The van der Waals surface area contributed by atoms with Crippen molar-refractivity contribution in [1.82, 2.24) is 9.97 Å². The molecule has 7 heteroatoms. The molecule has 0 radical (unpaired) electrons. The molecule has 2 aromatic rings. The molecule has 0 spiro atoms. The van der Waals surface area contributed by atoms with Crippen molar-refractivity contribution >= 4 is 35.0 Å². The molecule has 1 aromatic carbocycles. The van der Waals surface area contributed by atoms with E-state index >= 15 is 0 Å². The number of rotatable bonds is 5. The van der Waals surface area contributed by atoms with E-state index in [-0.39, 0.29) is 0 Å². The molecule has 1 aromatic heterocycles. The van der Waals surface area contributed by atoms with Crippen molar-refractivity contribution in [1.29, 1.82) is 0 Å². The highest BCUT2D eigenvalue weighted by atomic mass is 35.5. The number of halogens is 1. The van der Waals surface area contributed by atoms with Gasteiger partial charge in [0, 0.05) is 17.6 Å². The Kier molecular flexibility index (Phi) is 4.84. The van der Waals surface area contributed by atoms with E-state index < -0.39 is 0 Å². The average molecular weight is 296 g/mol. The van der Waals surface area contributed by atoms with Crippen molar-refractivity contribution in [2.45, 2.75) is 11.7 Å². The highest BCUT2D eigenvalue weighted by Crippen LogP contribution is 2.17. The van der Waals surface area contributed by atoms with E-state index in [9.17, 15) is 0 Å². The molecule has 0 bridgehead atoms. The van der Waals surface area contributed by atoms with Gasteiger partial charge in [-0.1, -0.05) is 35.5 Å². The monoisotopic (exact) mass is 295 g/mol. The maximum atomic E-state index is 5.84. The van der Waals surface area contributed by atoms with Crippen molar-refractivity contribution in [3.63, 3.8) is 0 Å². The Morgan fingerprint density at radius 3 is 2.53 bits per heavy atom. The highest BCUT2D eigenvalue weighted by Gasteiger charge is 2.03. The first-order chi connectivity index (χ1) is 9.21. The zero-order valence-corrected chi connectivity index (χ0v) is 11.9. The van der Waals surface area contributed by atoms with Gasteiger partial charge in [0.25, 0.3) is 0 Å². The van der Waals surface area contributed by atoms with E-state index in [1.807, 2.05) is 30.5 Å². The van der Waals surface area contributed by atoms with E-state index in [1.165, 1.54) is 11.8 Å². The van der Waals surface area contributed by atoms with E-state index in [4.69, 9.17) is 17.4 Å². The summed E-state index contributed by atoms with van der Waals surface area (Å²) in [4.78, 5) is 8.55. The molecule has 0 unspecified atom stereocenters. The minimum Gasteiger partial charge on any atom is -0.366 e. The van der Waals surface area contributed by atoms with Crippen LogP contribution in [-0.2, 0) is 6.54 Å². The topological polar surface area (TPSA) is 75.9 Å². The van der Waals surface area contributed by atoms with Crippen LogP contribution in [0.1, 0.15) is 5.56 Å². The van der Waals surface area contributed by atoms with Gasteiger partial charge in [0.2, 0.25) is 0 Å². The minimum atomic E-state index is 0.581. The largest absolute Gasteiger partial charge is 0.366 e. The summed E-state index contributed by atoms with van der Waals surface area (Å²) < 4.78 is 0. The number of nitrogens with zero attached hydrogens (tertiary/aromatic N) is 2. The Hall–Kier alpha value is -1.50. The number of hydrogen-bond acceptors (Lipinski definition) is 6. The summed E-state index contributed by atoms with van der Waals surface area (Å²) in [6.45, 7) is 0.659. The molecule has 5 nitrogen and oxygen atoms in total. The van der Waals surface area contributed by atoms with Gasteiger partial charge in [-0.3, -0.25) is 0 Å². The predicted octanol–water partition coefficient (Wildman–Crippen LogP) is 2.75. The number of hydrogen-bond donors (Lipinski definition) is 3. The third-order valence-electron chi connectivity index (χ3n) is 2.42. The lowest BCUT2D eigenvalue weighted by Crippen LogP contribution is -2.11. The zero-order chi connectivity index (χ0) is 13.7. The van der Waals surface area contributed by atoms with Crippen LogP contribution in [0, 0.1) is 0 Å². The highest BCUT2D eigenvalue weighted by molar-refractivity contribution is 7.98. The molecule has 0 saturated carbocycles. The van der Waals surface area contributed by atoms with Crippen LogP contribution in [0.2, 0.25) is 5.02 Å². The number of aromatic nitrogens is 2. The van der Waals surface area contributed by atoms with Crippen molar-refractivity contribution in [2.24, 2.45) is 5.84 Å². The lowest BCUT2D eigenvalue weighted by molar-refractivity contribution is 0.953. The Balaban J connectivity index is 2.08. The number of thioether (sulfide) groups is 1. The normalized spacial score (nSPS) is 10.3. The van der Waals surface area contributed by atoms with Gasteiger partial charge in [-0.15, -0.1) is 0 Å². The number of benzene rings is 1. The Bertz CT molecular complexity index is 524. The number of anilines is 2. The van der Waals surface area contributed by atoms with Crippen LogP contribution in [0.25, 0.3) is 0 Å². The second kappa shape index (κ2) is 6.60. The van der Waals surface area contributed by atoms with Crippen LogP contribution in [0.3, 0.4) is 0 Å². The molecule has 2 rings (SSSR count). The molecule has 100 valence electrons. The van der Waals surface area contributed by atoms with Crippen LogP contribution in [0.5, 0.6) is 0 Å². The Morgan fingerprint density at radius 1 is 1.21 bits per heavy atom. The first-order valence-corrected chi connectivity index (χ1v) is 7.19. The quantitative estimate of drug-likeness (QED) is 0.341. The molecule has 0 fully saturated rings. The lowest BCUT2D eigenvalue weighted by atomic mass is 10.2.